The number of nitrogens with zero attached hydrogens (tertiary/aromatic N) is 2. The Bertz CT molecular complexity index is 275. The number of nitrogens with two attached hydrogens (primary N) is 2. The van der Waals surface area contributed by atoms with E-state index < -0.39 is 5.91 Å². The second-order valence-electron chi connectivity index (χ2n) is 2.29. The summed E-state index contributed by atoms with van der Waals surface area (Å²) in [6, 6.07) is 0. The van der Waals surface area contributed by atoms with Crippen molar-refractivity contribution in [1.29, 1.82) is 0 Å². The Morgan fingerprint density at radius 1 is 1.54 bits per heavy atom. The molecule has 0 radical (unpaired) electrons. The number of rotatable bonds is 4. The molecule has 1 rings (SSSR count). The van der Waals surface area contributed by atoms with Crippen LogP contribution in [0.5, 0.6) is 0 Å². The molecule has 13 heavy (non-hydrogen) atoms. The average molecular weight is 207 g/mol. The van der Waals surface area contributed by atoms with Gasteiger partial charge in [-0.25, -0.2) is 0 Å². The van der Waals surface area contributed by atoms with Crippen LogP contribution in [-0.2, 0) is 17.6 Å². The minimum atomic E-state index is -0.477. The van der Waals surface area contributed by atoms with Gasteiger partial charge in [0.2, 0.25) is 11.8 Å². The van der Waals surface area contributed by atoms with Crippen molar-refractivity contribution < 1.29 is 9.32 Å². The summed E-state index contributed by atoms with van der Waals surface area (Å²) >= 11 is 0. The van der Waals surface area contributed by atoms with Crippen LogP contribution in [0.15, 0.2) is 4.52 Å². The SMILES string of the molecule is Cl.NCCc1nc(CC(N)=O)no1. The van der Waals surface area contributed by atoms with E-state index in [1.807, 2.05) is 0 Å². The zero-order chi connectivity index (χ0) is 8.97. The number of hydrogen-bond acceptors (Lipinski definition) is 5. The van der Waals surface area contributed by atoms with E-state index in [0.717, 1.165) is 0 Å². The minimum absolute atomic E-state index is 0. The van der Waals surface area contributed by atoms with Gasteiger partial charge in [-0.1, -0.05) is 5.16 Å². The van der Waals surface area contributed by atoms with Gasteiger partial charge in [-0.05, 0) is 0 Å². The second-order valence-corrected chi connectivity index (χ2v) is 2.29. The van der Waals surface area contributed by atoms with Crippen molar-refractivity contribution in [3.05, 3.63) is 11.7 Å². The molecular weight excluding hydrogens is 196 g/mol. The monoisotopic (exact) mass is 206 g/mol. The Morgan fingerprint density at radius 2 is 2.23 bits per heavy atom. The number of aromatic nitrogens is 2. The zero-order valence-corrected chi connectivity index (χ0v) is 7.71. The standard InChI is InChI=1S/C6H10N4O2.ClH/c7-2-1-6-9-5(10-12-6)3-4(8)11;/h1-3,7H2,(H2,8,11);1H. The average Bonchev–Trinajstić information content (AvgIpc) is 2.36. The summed E-state index contributed by atoms with van der Waals surface area (Å²) in [5, 5.41) is 3.53. The van der Waals surface area contributed by atoms with E-state index in [9.17, 15) is 4.79 Å². The highest BCUT2D eigenvalue weighted by Gasteiger charge is 2.07. The van der Waals surface area contributed by atoms with E-state index in [-0.39, 0.29) is 18.8 Å². The Balaban J connectivity index is 0.00000144. The second kappa shape index (κ2) is 5.50. The van der Waals surface area contributed by atoms with Crippen molar-refractivity contribution in [2.45, 2.75) is 12.8 Å². The molecule has 6 nitrogen and oxygen atoms in total. The van der Waals surface area contributed by atoms with Crippen LogP contribution in [0.25, 0.3) is 0 Å². The fraction of sp³-hybridized carbons (Fsp3) is 0.500. The summed E-state index contributed by atoms with van der Waals surface area (Å²) in [5.41, 5.74) is 10.2. The van der Waals surface area contributed by atoms with Crippen LogP contribution in [-0.4, -0.2) is 22.6 Å². The summed E-state index contributed by atoms with van der Waals surface area (Å²) in [6.45, 7) is 0.443. The van der Waals surface area contributed by atoms with E-state index in [0.29, 0.717) is 24.7 Å². The lowest BCUT2D eigenvalue weighted by Gasteiger charge is -1.85. The summed E-state index contributed by atoms with van der Waals surface area (Å²) in [5.74, 6) is 0.273. The molecule has 0 aliphatic rings. The number of carbonyl (C=O) groups is 1. The van der Waals surface area contributed by atoms with Gasteiger partial charge in [-0.15, -0.1) is 12.4 Å². The third kappa shape index (κ3) is 3.86. The summed E-state index contributed by atoms with van der Waals surface area (Å²) in [7, 11) is 0. The highest BCUT2D eigenvalue weighted by atomic mass is 35.5. The third-order valence-corrected chi connectivity index (χ3v) is 1.20. The first kappa shape index (κ1) is 11.9. The van der Waals surface area contributed by atoms with Gasteiger partial charge in [0.25, 0.3) is 0 Å². The molecule has 0 atom stereocenters. The van der Waals surface area contributed by atoms with Gasteiger partial charge < -0.3 is 16.0 Å². The highest BCUT2D eigenvalue weighted by molar-refractivity contribution is 5.85. The van der Waals surface area contributed by atoms with E-state index in [1.165, 1.54) is 0 Å². The summed E-state index contributed by atoms with van der Waals surface area (Å²) in [6.07, 6.45) is 0.528. The van der Waals surface area contributed by atoms with Crippen LogP contribution in [0.1, 0.15) is 11.7 Å². The lowest BCUT2D eigenvalue weighted by molar-refractivity contribution is -0.117. The Labute approximate surface area is 81.1 Å². The Hall–Kier alpha value is -1.14. The molecule has 0 aliphatic heterocycles. The van der Waals surface area contributed by atoms with Gasteiger partial charge in [0.15, 0.2) is 5.82 Å². The summed E-state index contributed by atoms with van der Waals surface area (Å²) in [4.78, 5) is 14.3. The molecule has 1 amide bonds. The van der Waals surface area contributed by atoms with E-state index in [1.54, 1.807) is 0 Å². The molecule has 0 saturated heterocycles. The molecule has 0 bridgehead atoms. The Morgan fingerprint density at radius 3 is 2.77 bits per heavy atom. The van der Waals surface area contributed by atoms with Crippen molar-refractivity contribution in [2.24, 2.45) is 11.5 Å². The molecule has 1 heterocycles. The number of primary amides is 1. The third-order valence-electron chi connectivity index (χ3n) is 1.20. The molecule has 1 aromatic rings. The number of carbonyl (C=O) groups excluding carboxylic acids is 1. The van der Waals surface area contributed by atoms with Crippen molar-refractivity contribution in [3.63, 3.8) is 0 Å². The fourth-order valence-electron chi connectivity index (χ4n) is 0.743. The van der Waals surface area contributed by atoms with Crippen LogP contribution in [0, 0.1) is 0 Å². The smallest absolute Gasteiger partial charge is 0.227 e. The van der Waals surface area contributed by atoms with Crippen molar-refractivity contribution in [1.82, 2.24) is 10.1 Å². The molecular formula is C6H11ClN4O2. The normalized spacial score (nSPS) is 9.31. The van der Waals surface area contributed by atoms with Gasteiger partial charge in [0.1, 0.15) is 0 Å². The molecule has 0 aliphatic carbocycles. The van der Waals surface area contributed by atoms with Gasteiger partial charge in [-0.3, -0.25) is 4.79 Å². The van der Waals surface area contributed by atoms with Crippen molar-refractivity contribution >= 4 is 18.3 Å². The van der Waals surface area contributed by atoms with E-state index in [2.05, 4.69) is 10.1 Å². The van der Waals surface area contributed by atoms with Crippen molar-refractivity contribution in [2.75, 3.05) is 6.54 Å². The first-order valence-electron chi connectivity index (χ1n) is 3.52. The minimum Gasteiger partial charge on any atom is -0.369 e. The number of amides is 1. The molecule has 1 aromatic heterocycles. The van der Waals surface area contributed by atoms with E-state index >= 15 is 0 Å². The molecule has 0 fully saturated rings. The van der Waals surface area contributed by atoms with Crippen LogP contribution in [0.4, 0.5) is 0 Å². The Kier molecular flexibility index (Phi) is 5.01. The van der Waals surface area contributed by atoms with Gasteiger partial charge in [0, 0.05) is 13.0 Å². The molecule has 0 aromatic carbocycles. The van der Waals surface area contributed by atoms with Crippen molar-refractivity contribution in [3.8, 4) is 0 Å². The molecule has 74 valence electrons. The van der Waals surface area contributed by atoms with Gasteiger partial charge in [0.05, 0.1) is 6.42 Å². The quantitative estimate of drug-likeness (QED) is 0.658. The predicted octanol–water partition coefficient (Wildman–Crippen LogP) is -0.980. The number of halogens is 1. The first-order chi connectivity index (χ1) is 5.72. The lowest BCUT2D eigenvalue weighted by atomic mass is 10.4. The van der Waals surface area contributed by atoms with Crippen LogP contribution in [0.2, 0.25) is 0 Å². The van der Waals surface area contributed by atoms with Gasteiger partial charge in [-0.2, -0.15) is 4.98 Å². The van der Waals surface area contributed by atoms with Crippen LogP contribution >= 0.6 is 12.4 Å². The highest BCUT2D eigenvalue weighted by Crippen LogP contribution is 1.97. The topological polar surface area (TPSA) is 108 Å². The largest absolute Gasteiger partial charge is 0.369 e. The maximum Gasteiger partial charge on any atom is 0.227 e. The number of hydrogen-bond donors (Lipinski definition) is 2. The van der Waals surface area contributed by atoms with Gasteiger partial charge >= 0.3 is 0 Å². The zero-order valence-electron chi connectivity index (χ0n) is 6.90. The maximum atomic E-state index is 10.4. The molecule has 7 heteroatoms. The lowest BCUT2D eigenvalue weighted by Crippen LogP contribution is -2.14. The maximum absolute atomic E-state index is 10.4. The molecule has 0 spiro atoms. The van der Waals surface area contributed by atoms with Crippen LogP contribution in [0.3, 0.4) is 0 Å². The van der Waals surface area contributed by atoms with Crippen LogP contribution < -0.4 is 11.5 Å². The molecule has 0 saturated carbocycles. The molecule has 0 unspecified atom stereocenters. The predicted molar refractivity (Wildman–Crippen MR) is 47.2 cm³/mol. The summed E-state index contributed by atoms with van der Waals surface area (Å²) < 4.78 is 4.76. The fourth-order valence-corrected chi connectivity index (χ4v) is 0.743. The van der Waals surface area contributed by atoms with E-state index in [4.69, 9.17) is 16.0 Å². The molecule has 4 N–H and O–H groups in total. The first-order valence-corrected chi connectivity index (χ1v) is 3.52.